The van der Waals surface area contributed by atoms with Gasteiger partial charge in [-0.2, -0.15) is 0 Å². The van der Waals surface area contributed by atoms with E-state index in [0.717, 1.165) is 12.2 Å². The van der Waals surface area contributed by atoms with Crippen molar-refractivity contribution in [2.24, 2.45) is 0 Å². The van der Waals surface area contributed by atoms with Gasteiger partial charge in [0.1, 0.15) is 0 Å². The number of carbonyl (C=O) groups excluding carboxylic acids is 2. The molecule has 0 atom stereocenters. The molecule has 0 unspecified atom stereocenters. The first-order valence-corrected chi connectivity index (χ1v) is 3.50. The summed E-state index contributed by atoms with van der Waals surface area (Å²) in [6.45, 7) is 5.21. The Labute approximate surface area is 80.1 Å². The second-order valence-electron chi connectivity index (χ2n) is 2.18. The molecule has 0 amide bonds. The summed E-state index contributed by atoms with van der Waals surface area (Å²) in [5, 5.41) is 17.8. The molecule has 0 bridgehead atoms. The molecule has 0 heterocycles. The molecule has 0 rings (SSSR count). The van der Waals surface area contributed by atoms with Gasteiger partial charge in [0.2, 0.25) is 0 Å². The number of aliphatic hydroxyl groups is 2. The van der Waals surface area contributed by atoms with Gasteiger partial charge in [-0.05, 0) is 0 Å². The van der Waals surface area contributed by atoms with Crippen molar-refractivity contribution in [1.29, 1.82) is 0 Å². The Hall–Kier alpha value is -1.66. The smallest absolute Gasteiger partial charge is 0.360 e. The van der Waals surface area contributed by atoms with Crippen molar-refractivity contribution in [3.8, 4) is 0 Å². The molecule has 0 aliphatic carbocycles. The van der Waals surface area contributed by atoms with Crippen molar-refractivity contribution < 1.29 is 29.3 Å². The van der Waals surface area contributed by atoms with E-state index in [0.29, 0.717) is 0 Å². The van der Waals surface area contributed by atoms with Gasteiger partial charge in [0, 0.05) is 12.2 Å². The standard InChI is InChI=1S/C8H10O6/c1-3-6(9)13-5-8(11,12)14-7(10)4-2/h3-4,11-12H,1-2,5H2. The number of carbonyl (C=O) groups is 2. The predicted molar refractivity (Wildman–Crippen MR) is 44.6 cm³/mol. The van der Waals surface area contributed by atoms with Crippen molar-refractivity contribution >= 4 is 11.9 Å². The van der Waals surface area contributed by atoms with E-state index in [9.17, 15) is 9.59 Å². The van der Waals surface area contributed by atoms with Crippen LogP contribution in [-0.2, 0) is 19.1 Å². The van der Waals surface area contributed by atoms with Crippen LogP contribution in [0.4, 0.5) is 0 Å². The molecule has 0 saturated carbocycles. The number of hydrogen-bond donors (Lipinski definition) is 2. The minimum Gasteiger partial charge on any atom is -0.453 e. The molecule has 2 N–H and O–H groups in total. The minimum absolute atomic E-state index is 0.733. The van der Waals surface area contributed by atoms with Crippen LogP contribution in [0.15, 0.2) is 25.3 Å². The molecule has 6 heteroatoms. The van der Waals surface area contributed by atoms with Crippen LogP contribution in [0, 0.1) is 0 Å². The molecule has 0 radical (unpaired) electrons. The zero-order chi connectivity index (χ0) is 11.2. The minimum atomic E-state index is -2.86. The van der Waals surface area contributed by atoms with E-state index >= 15 is 0 Å². The summed E-state index contributed by atoms with van der Waals surface area (Å²) in [5.41, 5.74) is 0. The van der Waals surface area contributed by atoms with E-state index in [2.05, 4.69) is 22.6 Å². The van der Waals surface area contributed by atoms with Crippen LogP contribution in [0.1, 0.15) is 0 Å². The fraction of sp³-hybridized carbons (Fsp3) is 0.250. The van der Waals surface area contributed by atoms with Crippen LogP contribution in [0.25, 0.3) is 0 Å². The van der Waals surface area contributed by atoms with Crippen molar-refractivity contribution in [1.82, 2.24) is 0 Å². The first-order valence-electron chi connectivity index (χ1n) is 3.50. The maximum atomic E-state index is 10.5. The zero-order valence-electron chi connectivity index (χ0n) is 7.30. The third-order valence-electron chi connectivity index (χ3n) is 1.000. The van der Waals surface area contributed by atoms with Gasteiger partial charge in [0.05, 0.1) is 0 Å². The first kappa shape index (κ1) is 12.3. The summed E-state index contributed by atoms with van der Waals surface area (Å²) < 4.78 is 8.26. The Balaban J connectivity index is 4.06. The zero-order valence-corrected chi connectivity index (χ0v) is 7.30. The number of ether oxygens (including phenoxy) is 2. The topological polar surface area (TPSA) is 93.1 Å². The molecule has 0 fully saturated rings. The lowest BCUT2D eigenvalue weighted by Crippen LogP contribution is -2.39. The molecule has 0 aromatic rings. The Kier molecular flexibility index (Phi) is 4.54. The summed E-state index contributed by atoms with van der Waals surface area (Å²) >= 11 is 0. The van der Waals surface area contributed by atoms with Crippen molar-refractivity contribution in [2.75, 3.05) is 6.61 Å². The molecule has 0 spiro atoms. The highest BCUT2D eigenvalue weighted by Gasteiger charge is 2.29. The average Bonchev–Trinajstić information content (AvgIpc) is 2.13. The van der Waals surface area contributed by atoms with Crippen LogP contribution in [0.5, 0.6) is 0 Å². The van der Waals surface area contributed by atoms with Crippen LogP contribution in [0.2, 0.25) is 0 Å². The summed E-state index contributed by atoms with van der Waals surface area (Å²) in [6.07, 6.45) is 1.56. The molecule has 0 aromatic carbocycles. The van der Waals surface area contributed by atoms with Gasteiger partial charge in [-0.1, -0.05) is 13.2 Å². The summed E-state index contributed by atoms with van der Waals surface area (Å²) in [5.74, 6) is -4.78. The van der Waals surface area contributed by atoms with Gasteiger partial charge in [0.25, 0.3) is 0 Å². The van der Waals surface area contributed by atoms with Crippen molar-refractivity contribution in [2.45, 2.75) is 5.97 Å². The largest absolute Gasteiger partial charge is 0.453 e. The second-order valence-corrected chi connectivity index (χ2v) is 2.18. The monoisotopic (exact) mass is 202 g/mol. The number of esters is 2. The van der Waals surface area contributed by atoms with E-state index < -0.39 is 24.5 Å². The Morgan fingerprint density at radius 1 is 1.21 bits per heavy atom. The third-order valence-corrected chi connectivity index (χ3v) is 1.000. The average molecular weight is 202 g/mol. The molecule has 14 heavy (non-hydrogen) atoms. The van der Waals surface area contributed by atoms with Gasteiger partial charge in [-0.3, -0.25) is 0 Å². The fourth-order valence-electron chi connectivity index (χ4n) is 0.456. The normalized spacial score (nSPS) is 10.1. The highest BCUT2D eigenvalue weighted by molar-refractivity contribution is 5.82. The van der Waals surface area contributed by atoms with E-state index in [1.54, 1.807) is 0 Å². The van der Waals surface area contributed by atoms with Crippen molar-refractivity contribution in [3.05, 3.63) is 25.3 Å². The Morgan fingerprint density at radius 3 is 2.14 bits per heavy atom. The van der Waals surface area contributed by atoms with Gasteiger partial charge < -0.3 is 19.7 Å². The fourth-order valence-corrected chi connectivity index (χ4v) is 0.456. The van der Waals surface area contributed by atoms with Gasteiger partial charge in [-0.15, -0.1) is 0 Å². The summed E-state index contributed by atoms with van der Waals surface area (Å²) in [7, 11) is 0. The maximum Gasteiger partial charge on any atom is 0.360 e. The van der Waals surface area contributed by atoms with E-state index in [1.165, 1.54) is 0 Å². The Morgan fingerprint density at radius 2 is 1.71 bits per heavy atom. The highest BCUT2D eigenvalue weighted by Crippen LogP contribution is 2.03. The van der Waals surface area contributed by atoms with Gasteiger partial charge in [0.15, 0.2) is 6.61 Å². The lowest BCUT2D eigenvalue weighted by atomic mass is 10.5. The number of rotatable bonds is 5. The molecule has 0 saturated heterocycles. The van der Waals surface area contributed by atoms with E-state index in [4.69, 9.17) is 10.2 Å². The van der Waals surface area contributed by atoms with Crippen LogP contribution in [-0.4, -0.2) is 34.7 Å². The molecule has 0 aromatic heterocycles. The number of hydrogen-bond acceptors (Lipinski definition) is 6. The van der Waals surface area contributed by atoms with E-state index in [1.807, 2.05) is 0 Å². The van der Waals surface area contributed by atoms with Crippen LogP contribution in [0.3, 0.4) is 0 Å². The van der Waals surface area contributed by atoms with Gasteiger partial charge in [-0.25, -0.2) is 9.59 Å². The molecule has 0 aliphatic heterocycles. The quantitative estimate of drug-likeness (QED) is 0.340. The second kappa shape index (κ2) is 5.15. The predicted octanol–water partition coefficient (Wildman–Crippen LogP) is -0.917. The SMILES string of the molecule is C=CC(=O)OCC(O)(O)OC(=O)C=C. The molecular weight excluding hydrogens is 192 g/mol. The van der Waals surface area contributed by atoms with Crippen LogP contribution >= 0.6 is 0 Å². The summed E-state index contributed by atoms with van der Waals surface area (Å²) in [6, 6.07) is 0. The van der Waals surface area contributed by atoms with Crippen molar-refractivity contribution in [3.63, 3.8) is 0 Å². The maximum absolute atomic E-state index is 10.5. The summed E-state index contributed by atoms with van der Waals surface area (Å²) in [4.78, 5) is 21.0. The van der Waals surface area contributed by atoms with Crippen LogP contribution < -0.4 is 0 Å². The molecule has 0 aliphatic rings. The molecule has 78 valence electrons. The lowest BCUT2D eigenvalue weighted by molar-refractivity contribution is -0.331. The lowest BCUT2D eigenvalue weighted by Gasteiger charge is -2.19. The highest BCUT2D eigenvalue weighted by atomic mass is 16.8. The first-order chi connectivity index (χ1) is 6.41. The molecule has 6 nitrogen and oxygen atoms in total. The Bertz CT molecular complexity index is 255. The van der Waals surface area contributed by atoms with Gasteiger partial charge >= 0.3 is 17.9 Å². The van der Waals surface area contributed by atoms with E-state index in [-0.39, 0.29) is 0 Å². The molecular formula is C8H10O6. The third kappa shape index (κ3) is 5.07.